The minimum atomic E-state index is -0.401. The van der Waals surface area contributed by atoms with Gasteiger partial charge in [0.05, 0.1) is 5.69 Å². The highest BCUT2D eigenvalue weighted by molar-refractivity contribution is 6.04. The van der Waals surface area contributed by atoms with Crippen LogP contribution >= 0.6 is 0 Å². The van der Waals surface area contributed by atoms with E-state index in [0.29, 0.717) is 43.4 Å². The number of amides is 3. The summed E-state index contributed by atoms with van der Waals surface area (Å²) in [6, 6.07) is 16.3. The monoisotopic (exact) mass is 367 g/mol. The average molecular weight is 367 g/mol. The van der Waals surface area contributed by atoms with Crippen molar-refractivity contribution in [1.29, 1.82) is 0 Å². The lowest BCUT2D eigenvalue weighted by Gasteiger charge is -2.32. The second kappa shape index (κ2) is 8.84. The Hall–Kier alpha value is -3.35. The Morgan fingerprint density at radius 1 is 0.963 bits per heavy atom. The number of nitrogens with one attached hydrogen (secondary N) is 1. The molecule has 7 heteroatoms. The summed E-state index contributed by atoms with van der Waals surface area (Å²) in [7, 11) is 0. The van der Waals surface area contributed by atoms with Crippen molar-refractivity contribution in [2.24, 2.45) is 0 Å². The number of hydrogen-bond donors (Lipinski definition) is 1. The Kier molecular flexibility index (Phi) is 6.04. The molecule has 3 amide bonds. The summed E-state index contributed by atoms with van der Waals surface area (Å²) in [6.07, 6.45) is 0.527. The second-order valence-electron chi connectivity index (χ2n) is 6.16. The van der Waals surface area contributed by atoms with Gasteiger partial charge in [-0.15, -0.1) is 0 Å². The zero-order valence-corrected chi connectivity index (χ0v) is 14.8. The largest absolute Gasteiger partial charge is 0.455 e. The number of piperazine rings is 1. The van der Waals surface area contributed by atoms with E-state index in [0.717, 1.165) is 6.41 Å². The van der Waals surface area contributed by atoms with Crippen molar-refractivity contribution in [2.75, 3.05) is 31.5 Å². The molecular weight excluding hydrogens is 346 g/mol. The zero-order chi connectivity index (χ0) is 19.1. The fourth-order valence-corrected chi connectivity index (χ4v) is 2.79. The number of carbonyl (C=O) groups is 3. The number of rotatable bonds is 6. The van der Waals surface area contributed by atoms with Crippen LogP contribution in [0.25, 0.3) is 0 Å². The highest BCUT2D eigenvalue weighted by Gasteiger charge is 2.22. The molecule has 27 heavy (non-hydrogen) atoms. The zero-order valence-electron chi connectivity index (χ0n) is 14.8. The highest BCUT2D eigenvalue weighted by atomic mass is 16.5. The van der Waals surface area contributed by atoms with E-state index >= 15 is 0 Å². The molecule has 140 valence electrons. The van der Waals surface area contributed by atoms with Crippen molar-refractivity contribution in [1.82, 2.24) is 9.80 Å². The number of anilines is 1. The molecular formula is C20H21N3O4. The molecule has 0 atom stereocenters. The van der Waals surface area contributed by atoms with Crippen molar-refractivity contribution >= 4 is 23.9 Å². The molecule has 2 aromatic rings. The first-order valence-electron chi connectivity index (χ1n) is 8.74. The summed E-state index contributed by atoms with van der Waals surface area (Å²) >= 11 is 0. The van der Waals surface area contributed by atoms with Gasteiger partial charge < -0.3 is 19.9 Å². The molecule has 2 aromatic carbocycles. The summed E-state index contributed by atoms with van der Waals surface area (Å²) < 4.78 is 5.81. The topological polar surface area (TPSA) is 79.0 Å². The van der Waals surface area contributed by atoms with E-state index in [-0.39, 0.29) is 12.3 Å². The summed E-state index contributed by atoms with van der Waals surface area (Å²) in [5, 5.41) is 2.74. The standard InChI is InChI=1S/C20H21N3O4/c24-15-22-10-12-23(13-11-22)20(26)14-19(25)21-17-8-4-5-9-18(17)27-16-6-2-1-3-7-16/h1-9,15H,10-14H2,(H,21,25). The normalized spacial score (nSPS) is 13.8. The summed E-state index contributed by atoms with van der Waals surface area (Å²) in [5.74, 6) is 0.508. The Balaban J connectivity index is 1.58. The van der Waals surface area contributed by atoms with Crippen LogP contribution in [0.2, 0.25) is 0 Å². The molecule has 0 aromatic heterocycles. The van der Waals surface area contributed by atoms with Crippen LogP contribution in [0.4, 0.5) is 5.69 Å². The minimum Gasteiger partial charge on any atom is -0.455 e. The van der Waals surface area contributed by atoms with Gasteiger partial charge in [-0.25, -0.2) is 0 Å². The van der Waals surface area contributed by atoms with E-state index in [1.807, 2.05) is 36.4 Å². The predicted octanol–water partition coefficient (Wildman–Crippen LogP) is 2.11. The lowest BCUT2D eigenvalue weighted by atomic mass is 10.2. The van der Waals surface area contributed by atoms with Gasteiger partial charge in [-0.1, -0.05) is 30.3 Å². The van der Waals surface area contributed by atoms with E-state index in [2.05, 4.69) is 5.32 Å². The molecule has 1 saturated heterocycles. The van der Waals surface area contributed by atoms with Crippen LogP contribution in [0, 0.1) is 0 Å². The van der Waals surface area contributed by atoms with Gasteiger partial charge in [0, 0.05) is 26.2 Å². The third kappa shape index (κ3) is 5.07. The maximum Gasteiger partial charge on any atom is 0.233 e. The van der Waals surface area contributed by atoms with E-state index in [1.54, 1.807) is 28.0 Å². The van der Waals surface area contributed by atoms with Gasteiger partial charge in [-0.2, -0.15) is 0 Å². The summed E-state index contributed by atoms with van der Waals surface area (Å²) in [4.78, 5) is 38.5. The van der Waals surface area contributed by atoms with Gasteiger partial charge >= 0.3 is 0 Å². The SMILES string of the molecule is O=CN1CCN(C(=O)CC(=O)Nc2ccccc2Oc2ccccc2)CC1. The Morgan fingerprint density at radius 3 is 2.33 bits per heavy atom. The van der Waals surface area contributed by atoms with Crippen molar-refractivity contribution in [3.8, 4) is 11.5 Å². The lowest BCUT2D eigenvalue weighted by Crippen LogP contribution is -2.48. The van der Waals surface area contributed by atoms with Crippen LogP contribution in [0.3, 0.4) is 0 Å². The number of ether oxygens (including phenoxy) is 1. The lowest BCUT2D eigenvalue weighted by molar-refractivity contribution is -0.137. The molecule has 1 fully saturated rings. The average Bonchev–Trinajstić information content (AvgIpc) is 2.70. The van der Waals surface area contributed by atoms with Crippen LogP contribution in [0.5, 0.6) is 11.5 Å². The molecule has 1 N–H and O–H groups in total. The molecule has 3 rings (SSSR count). The van der Waals surface area contributed by atoms with Crippen LogP contribution in [-0.4, -0.2) is 54.2 Å². The minimum absolute atomic E-state index is 0.249. The van der Waals surface area contributed by atoms with Crippen molar-refractivity contribution < 1.29 is 19.1 Å². The van der Waals surface area contributed by atoms with Crippen molar-refractivity contribution in [3.05, 3.63) is 54.6 Å². The molecule has 1 aliphatic rings. The van der Waals surface area contributed by atoms with Gasteiger partial charge in [0.25, 0.3) is 0 Å². The van der Waals surface area contributed by atoms with Gasteiger partial charge in [0.1, 0.15) is 12.2 Å². The maximum atomic E-state index is 12.3. The fourth-order valence-electron chi connectivity index (χ4n) is 2.79. The number of benzene rings is 2. The van der Waals surface area contributed by atoms with E-state index in [1.165, 1.54) is 0 Å². The predicted molar refractivity (Wildman–Crippen MR) is 100 cm³/mol. The van der Waals surface area contributed by atoms with Gasteiger partial charge in [-0.3, -0.25) is 14.4 Å². The molecule has 0 radical (unpaired) electrons. The first-order valence-corrected chi connectivity index (χ1v) is 8.74. The van der Waals surface area contributed by atoms with E-state index in [4.69, 9.17) is 4.74 Å². The first-order chi connectivity index (χ1) is 13.2. The molecule has 1 heterocycles. The van der Waals surface area contributed by atoms with E-state index < -0.39 is 5.91 Å². The quantitative estimate of drug-likeness (QED) is 0.626. The van der Waals surface area contributed by atoms with Gasteiger partial charge in [0.2, 0.25) is 18.2 Å². The number of hydrogen-bond acceptors (Lipinski definition) is 4. The number of carbonyl (C=O) groups excluding carboxylic acids is 3. The van der Waals surface area contributed by atoms with Crippen LogP contribution in [-0.2, 0) is 14.4 Å². The number of nitrogens with zero attached hydrogens (tertiary/aromatic N) is 2. The molecule has 0 unspecified atom stereocenters. The van der Waals surface area contributed by atoms with Gasteiger partial charge in [0.15, 0.2) is 5.75 Å². The molecule has 1 aliphatic heterocycles. The molecule has 0 aliphatic carbocycles. The van der Waals surface area contributed by atoms with Crippen LogP contribution in [0.15, 0.2) is 54.6 Å². The van der Waals surface area contributed by atoms with Crippen molar-refractivity contribution in [3.63, 3.8) is 0 Å². The summed E-state index contributed by atoms with van der Waals surface area (Å²) in [6.45, 7) is 1.87. The molecule has 7 nitrogen and oxygen atoms in total. The third-order valence-electron chi connectivity index (χ3n) is 4.26. The highest BCUT2D eigenvalue weighted by Crippen LogP contribution is 2.29. The maximum absolute atomic E-state index is 12.3. The van der Waals surface area contributed by atoms with Crippen LogP contribution in [0.1, 0.15) is 6.42 Å². The third-order valence-corrected chi connectivity index (χ3v) is 4.26. The fraction of sp³-hybridized carbons (Fsp3) is 0.250. The smallest absolute Gasteiger partial charge is 0.233 e. The van der Waals surface area contributed by atoms with E-state index in [9.17, 15) is 14.4 Å². The first kappa shape index (κ1) is 18.4. The number of para-hydroxylation sites is 3. The van der Waals surface area contributed by atoms with Crippen LogP contribution < -0.4 is 10.1 Å². The second-order valence-corrected chi connectivity index (χ2v) is 6.16. The summed E-state index contributed by atoms with van der Waals surface area (Å²) in [5.41, 5.74) is 0.505. The van der Waals surface area contributed by atoms with Gasteiger partial charge in [-0.05, 0) is 24.3 Å². The van der Waals surface area contributed by atoms with Crippen molar-refractivity contribution in [2.45, 2.75) is 6.42 Å². The Morgan fingerprint density at radius 2 is 1.63 bits per heavy atom. The Bertz CT molecular complexity index is 802. The molecule has 0 spiro atoms. The molecule has 0 bridgehead atoms. The Labute approximate surface area is 157 Å². The molecule has 0 saturated carbocycles.